The van der Waals surface area contributed by atoms with Gasteiger partial charge in [0.2, 0.25) is 0 Å². The van der Waals surface area contributed by atoms with Crippen LogP contribution in [0.1, 0.15) is 309 Å². The van der Waals surface area contributed by atoms with Gasteiger partial charge in [0.25, 0.3) is 0 Å². The van der Waals surface area contributed by atoms with Crippen molar-refractivity contribution >= 4 is 17.9 Å². The molecule has 85 heavy (non-hydrogen) atoms. The molecule has 0 amide bonds. The van der Waals surface area contributed by atoms with E-state index in [4.69, 9.17) is 18.9 Å². The van der Waals surface area contributed by atoms with Crippen LogP contribution in [0, 0.1) is 0 Å². The Labute approximate surface area is 524 Å². The van der Waals surface area contributed by atoms with Crippen molar-refractivity contribution in [3.63, 3.8) is 0 Å². The smallest absolute Gasteiger partial charge is 0.306 e. The minimum atomic E-state index is -1.63. The molecule has 0 radical (unpaired) electrons. The van der Waals surface area contributed by atoms with Crippen LogP contribution in [0.5, 0.6) is 0 Å². The molecule has 0 fully saturated rings. The lowest BCUT2D eigenvalue weighted by atomic mass is 10.0. The van der Waals surface area contributed by atoms with E-state index in [1.807, 2.05) is 21.1 Å². The number of nitrogens with zero attached hydrogens (tertiary/aromatic N) is 1. The topological polar surface area (TPSA) is 111 Å². The average Bonchev–Trinajstić information content (AvgIpc) is 3.48. The zero-order valence-electron chi connectivity index (χ0n) is 56.0. The molecule has 0 aromatic carbocycles. The number of hydrogen-bond donors (Lipinski definition) is 0. The van der Waals surface area contributed by atoms with Crippen LogP contribution < -0.4 is 5.11 Å². The van der Waals surface area contributed by atoms with Gasteiger partial charge in [0, 0.05) is 12.8 Å². The van der Waals surface area contributed by atoms with E-state index < -0.39 is 24.3 Å². The van der Waals surface area contributed by atoms with Crippen LogP contribution in [-0.4, -0.2) is 82.3 Å². The summed E-state index contributed by atoms with van der Waals surface area (Å²) in [6.07, 6.45) is 87.7. The van der Waals surface area contributed by atoms with Crippen LogP contribution >= 0.6 is 0 Å². The molecule has 0 rings (SSSR count). The predicted molar refractivity (Wildman–Crippen MR) is 361 cm³/mol. The Morgan fingerprint density at radius 1 is 0.365 bits per heavy atom. The van der Waals surface area contributed by atoms with E-state index in [1.54, 1.807) is 0 Å². The molecule has 9 heteroatoms. The molecular weight excluding hydrogens is 1050 g/mol. The quantitative estimate of drug-likeness (QED) is 0.0195. The van der Waals surface area contributed by atoms with E-state index in [2.05, 4.69) is 111 Å². The molecular formula is C76H133NO8. The van der Waals surface area contributed by atoms with Gasteiger partial charge in [-0.15, -0.1) is 0 Å². The SMILES string of the molecule is CC/C=C\C/C=C\C/C=C\C/C=C\C/C=C\CCCCCCCCCCCCCCCCCCCCCC(=O)OC(COC(=O)CCCCCCCCCCCC/C=C\C/C=C\C/C=C\CCCCCCC)COC(OCC[N+](C)(C)C)C(=O)[O-]. The number of carbonyl (C=O) groups excluding carboxylic acids is 3. The van der Waals surface area contributed by atoms with Gasteiger partial charge in [-0.3, -0.25) is 9.59 Å². The standard InChI is InChI=1S/C76H133NO8/c1-6-8-10-12-14-16-18-20-22-24-26-28-30-32-33-34-35-36-37-38-39-40-41-43-45-47-49-51-53-55-57-59-61-63-65-67-74(79)85-72(71-84-76(75(80)81)82-69-68-77(3,4)5)70-83-73(78)66-64-62-60-58-56-54-52-50-48-46-44-42-31-29-27-25-23-21-19-17-15-13-11-9-7-2/h8,10,14,16,19-22,25-28,31-33,42,72,76H,6-7,9,11-13,15,17-18,23-24,29-30,34-41,43-71H2,1-5H3/b10-8-,16-14-,21-19-,22-20-,27-25-,28-26-,33-32-,42-31-. The van der Waals surface area contributed by atoms with E-state index in [0.717, 1.165) is 77.0 Å². The van der Waals surface area contributed by atoms with Gasteiger partial charge < -0.3 is 33.3 Å². The highest BCUT2D eigenvalue weighted by Gasteiger charge is 2.22. The Bertz CT molecular complexity index is 1720. The molecule has 0 aliphatic rings. The summed E-state index contributed by atoms with van der Waals surface area (Å²) in [5.41, 5.74) is 0. The number of aliphatic carboxylic acids is 1. The molecule has 0 aliphatic carbocycles. The highest BCUT2D eigenvalue weighted by atomic mass is 16.7. The lowest BCUT2D eigenvalue weighted by Gasteiger charge is -2.26. The first-order valence-corrected chi connectivity index (χ1v) is 35.4. The maximum absolute atomic E-state index is 12.9. The van der Waals surface area contributed by atoms with Gasteiger partial charge in [0.05, 0.1) is 40.3 Å². The summed E-state index contributed by atoms with van der Waals surface area (Å²) < 4.78 is 22.8. The number of unbranched alkanes of at least 4 members (excludes halogenated alkanes) is 34. The molecule has 9 nitrogen and oxygen atoms in total. The molecule has 0 saturated carbocycles. The Balaban J connectivity index is 4.09. The molecule has 490 valence electrons. The molecule has 2 unspecified atom stereocenters. The summed E-state index contributed by atoms with van der Waals surface area (Å²) in [5, 5.41) is 11.8. The summed E-state index contributed by atoms with van der Waals surface area (Å²) in [6, 6.07) is 0. The van der Waals surface area contributed by atoms with Crippen molar-refractivity contribution in [1.29, 1.82) is 0 Å². The van der Waals surface area contributed by atoms with Gasteiger partial charge in [0.15, 0.2) is 12.4 Å². The number of rotatable bonds is 65. The van der Waals surface area contributed by atoms with Crippen molar-refractivity contribution < 1.29 is 42.9 Å². The van der Waals surface area contributed by atoms with Gasteiger partial charge in [-0.2, -0.15) is 0 Å². The molecule has 0 aliphatic heterocycles. The Morgan fingerprint density at radius 3 is 1.00 bits per heavy atom. The first-order valence-electron chi connectivity index (χ1n) is 35.4. The average molecular weight is 1190 g/mol. The first-order chi connectivity index (χ1) is 41.6. The van der Waals surface area contributed by atoms with Gasteiger partial charge in [-0.25, -0.2) is 0 Å². The van der Waals surface area contributed by atoms with Crippen molar-refractivity contribution in [1.82, 2.24) is 0 Å². The van der Waals surface area contributed by atoms with E-state index in [0.29, 0.717) is 17.4 Å². The number of carboxylic acid groups (broad SMARTS) is 1. The summed E-state index contributed by atoms with van der Waals surface area (Å²) in [4.78, 5) is 37.5. The molecule has 0 aromatic heterocycles. The fourth-order valence-corrected chi connectivity index (χ4v) is 9.93. The predicted octanol–water partition coefficient (Wildman–Crippen LogP) is 20.7. The summed E-state index contributed by atoms with van der Waals surface area (Å²) in [5.74, 6) is -2.28. The van der Waals surface area contributed by atoms with Gasteiger partial charge in [0.1, 0.15) is 13.2 Å². The van der Waals surface area contributed by atoms with Crippen LogP contribution in [0.2, 0.25) is 0 Å². The number of quaternary nitrogens is 1. The number of likely N-dealkylation sites (N-methyl/N-ethyl adjacent to an activating group) is 1. The number of hydrogen-bond acceptors (Lipinski definition) is 8. The van der Waals surface area contributed by atoms with Crippen LogP contribution in [0.15, 0.2) is 97.2 Å². The summed E-state index contributed by atoms with van der Waals surface area (Å²) >= 11 is 0. The molecule has 0 bridgehead atoms. The van der Waals surface area contributed by atoms with Crippen molar-refractivity contribution in [3.05, 3.63) is 97.2 Å². The molecule has 2 atom stereocenters. The van der Waals surface area contributed by atoms with Crippen molar-refractivity contribution in [2.45, 2.75) is 322 Å². The van der Waals surface area contributed by atoms with Crippen LogP contribution in [0.3, 0.4) is 0 Å². The monoisotopic (exact) mass is 1190 g/mol. The van der Waals surface area contributed by atoms with E-state index in [-0.39, 0.29) is 38.6 Å². The zero-order chi connectivity index (χ0) is 61.9. The lowest BCUT2D eigenvalue weighted by molar-refractivity contribution is -0.870. The van der Waals surface area contributed by atoms with Crippen LogP contribution in [-0.2, 0) is 33.3 Å². The fraction of sp³-hybridized carbons (Fsp3) is 0.750. The van der Waals surface area contributed by atoms with Crippen molar-refractivity contribution in [2.24, 2.45) is 0 Å². The molecule has 0 aromatic rings. The molecule has 0 N–H and O–H groups in total. The third kappa shape index (κ3) is 67.6. The minimum Gasteiger partial charge on any atom is -0.545 e. The number of ether oxygens (including phenoxy) is 4. The van der Waals surface area contributed by atoms with Crippen LogP contribution in [0.25, 0.3) is 0 Å². The lowest BCUT2D eigenvalue weighted by Crippen LogP contribution is -2.44. The van der Waals surface area contributed by atoms with Gasteiger partial charge in [-0.05, 0) is 96.3 Å². The highest BCUT2D eigenvalue weighted by molar-refractivity contribution is 5.70. The normalized spacial score (nSPS) is 13.3. The number of esters is 2. The molecule has 0 heterocycles. The fourth-order valence-electron chi connectivity index (χ4n) is 9.93. The molecule has 0 spiro atoms. The van der Waals surface area contributed by atoms with E-state index in [1.165, 1.54) is 199 Å². The number of carboxylic acids is 1. The summed E-state index contributed by atoms with van der Waals surface area (Å²) in [7, 11) is 5.93. The van der Waals surface area contributed by atoms with Crippen molar-refractivity contribution in [3.8, 4) is 0 Å². The Hall–Kier alpha value is -3.79. The second-order valence-corrected chi connectivity index (χ2v) is 24.8. The minimum absolute atomic E-state index is 0.145. The second-order valence-electron chi connectivity index (χ2n) is 24.8. The van der Waals surface area contributed by atoms with Crippen molar-refractivity contribution in [2.75, 3.05) is 47.5 Å². The zero-order valence-corrected chi connectivity index (χ0v) is 56.0. The van der Waals surface area contributed by atoms with E-state index in [9.17, 15) is 19.5 Å². The molecule has 0 saturated heterocycles. The number of allylic oxidation sites excluding steroid dienone is 16. The van der Waals surface area contributed by atoms with Gasteiger partial charge in [-0.1, -0.05) is 297 Å². The highest BCUT2D eigenvalue weighted by Crippen LogP contribution is 2.17. The van der Waals surface area contributed by atoms with E-state index >= 15 is 0 Å². The second kappa shape index (κ2) is 66.2. The number of carbonyl (C=O) groups is 3. The van der Waals surface area contributed by atoms with Gasteiger partial charge >= 0.3 is 11.9 Å². The maximum atomic E-state index is 12.9. The third-order valence-electron chi connectivity index (χ3n) is 15.3. The largest absolute Gasteiger partial charge is 0.545 e. The summed E-state index contributed by atoms with van der Waals surface area (Å²) in [6.45, 7) is 4.65. The Kier molecular flexibility index (Phi) is 63.2. The van der Waals surface area contributed by atoms with Crippen LogP contribution in [0.4, 0.5) is 0 Å². The maximum Gasteiger partial charge on any atom is 0.306 e. The Morgan fingerprint density at radius 2 is 0.671 bits per heavy atom. The third-order valence-corrected chi connectivity index (χ3v) is 15.3. The first kappa shape index (κ1) is 81.2.